The van der Waals surface area contributed by atoms with Gasteiger partial charge in [-0.1, -0.05) is 41.0 Å². The summed E-state index contributed by atoms with van der Waals surface area (Å²) in [6, 6.07) is 0.396. The second-order valence-electron chi connectivity index (χ2n) is 10.3. The fourth-order valence-electron chi connectivity index (χ4n) is 7.58. The van der Waals surface area contributed by atoms with Crippen molar-refractivity contribution >= 4 is 5.91 Å². The minimum Gasteiger partial charge on any atom is -0.353 e. The maximum absolute atomic E-state index is 12.5. The molecular formula is C21H35NO. The van der Waals surface area contributed by atoms with E-state index in [4.69, 9.17) is 0 Å². The van der Waals surface area contributed by atoms with Crippen molar-refractivity contribution in [3.63, 3.8) is 0 Å². The minimum atomic E-state index is 0.0929. The molecule has 0 bridgehead atoms. The minimum absolute atomic E-state index is 0.0929. The average Bonchev–Trinajstić information content (AvgIpc) is 2.89. The van der Waals surface area contributed by atoms with Crippen LogP contribution in [0.3, 0.4) is 0 Å². The first-order valence-corrected chi connectivity index (χ1v) is 10.0. The van der Waals surface area contributed by atoms with Crippen LogP contribution in [-0.4, -0.2) is 11.9 Å². The van der Waals surface area contributed by atoms with Crippen molar-refractivity contribution in [2.75, 3.05) is 0 Å². The van der Waals surface area contributed by atoms with Crippen molar-refractivity contribution in [2.45, 2.75) is 85.6 Å². The van der Waals surface area contributed by atoms with E-state index in [0.717, 1.165) is 17.8 Å². The molecule has 0 radical (unpaired) electrons. The Balaban J connectivity index is 1.74. The van der Waals surface area contributed by atoms with Gasteiger partial charge in [0.25, 0.3) is 0 Å². The van der Waals surface area contributed by atoms with Crippen LogP contribution in [0.1, 0.15) is 79.6 Å². The van der Waals surface area contributed by atoms with Crippen LogP contribution in [0.2, 0.25) is 0 Å². The van der Waals surface area contributed by atoms with Gasteiger partial charge in [-0.3, -0.25) is 4.79 Å². The van der Waals surface area contributed by atoms with Gasteiger partial charge in [-0.05, 0) is 72.5 Å². The van der Waals surface area contributed by atoms with E-state index in [1.807, 2.05) is 0 Å². The number of hydrogen-bond acceptors (Lipinski definition) is 1. The largest absolute Gasteiger partial charge is 0.353 e. The third kappa shape index (κ3) is 1.84. The Morgan fingerprint density at radius 2 is 1.70 bits per heavy atom. The van der Waals surface area contributed by atoms with Gasteiger partial charge in [0, 0.05) is 12.0 Å². The zero-order valence-corrected chi connectivity index (χ0v) is 15.7. The van der Waals surface area contributed by atoms with E-state index in [9.17, 15) is 4.79 Å². The zero-order valence-electron chi connectivity index (χ0n) is 15.7. The molecule has 3 saturated carbocycles. The van der Waals surface area contributed by atoms with Crippen molar-refractivity contribution < 1.29 is 4.79 Å². The van der Waals surface area contributed by atoms with Gasteiger partial charge < -0.3 is 5.32 Å². The van der Waals surface area contributed by atoms with E-state index in [1.165, 1.54) is 44.9 Å². The molecule has 0 aromatic heterocycles. The number of carbonyl (C=O) groups excluding carboxylic acids is 1. The topological polar surface area (TPSA) is 29.1 Å². The Hall–Kier alpha value is -0.530. The summed E-state index contributed by atoms with van der Waals surface area (Å²) in [4.78, 5) is 12.5. The van der Waals surface area contributed by atoms with Gasteiger partial charge in [-0.2, -0.15) is 0 Å². The molecule has 4 fully saturated rings. The van der Waals surface area contributed by atoms with Gasteiger partial charge >= 0.3 is 0 Å². The van der Waals surface area contributed by atoms with Crippen LogP contribution in [0, 0.1) is 39.9 Å². The first kappa shape index (κ1) is 16.0. The molecule has 1 aliphatic heterocycles. The number of piperidine rings is 1. The Morgan fingerprint density at radius 1 is 0.957 bits per heavy atom. The van der Waals surface area contributed by atoms with Gasteiger partial charge in [0.05, 0.1) is 0 Å². The molecule has 1 saturated heterocycles. The highest BCUT2D eigenvalue weighted by Crippen LogP contribution is 2.67. The highest BCUT2D eigenvalue weighted by Gasteiger charge is 2.64. The number of nitrogens with one attached hydrogen (secondary N) is 1. The SMILES string of the molecule is CC1C(=O)N[C@@H]2CC[C@H]3[C@@H]4CCC[C@@]4(C)CC[C@@H]3[C@@]2(C)C1(C)C. The summed E-state index contributed by atoms with van der Waals surface area (Å²) in [5.74, 6) is 3.06. The van der Waals surface area contributed by atoms with Crippen LogP contribution in [0.15, 0.2) is 0 Å². The lowest BCUT2D eigenvalue weighted by molar-refractivity contribution is -0.176. The van der Waals surface area contributed by atoms with E-state index in [0.29, 0.717) is 11.5 Å². The smallest absolute Gasteiger partial charge is 0.223 e. The Bertz CT molecular complexity index is 526. The molecule has 7 atom stereocenters. The zero-order chi connectivity index (χ0) is 16.6. The summed E-state index contributed by atoms with van der Waals surface area (Å²) in [5.41, 5.74) is 0.973. The quantitative estimate of drug-likeness (QED) is 0.684. The summed E-state index contributed by atoms with van der Waals surface area (Å²) in [6.45, 7) is 12.0. The van der Waals surface area contributed by atoms with Gasteiger partial charge in [-0.25, -0.2) is 0 Å². The van der Waals surface area contributed by atoms with Crippen LogP contribution >= 0.6 is 0 Å². The lowest BCUT2D eigenvalue weighted by Crippen LogP contribution is -2.69. The molecule has 1 unspecified atom stereocenters. The molecule has 1 heterocycles. The number of carbonyl (C=O) groups is 1. The predicted octanol–water partition coefficient (Wildman–Crippen LogP) is 4.78. The molecule has 2 heteroatoms. The first-order valence-electron chi connectivity index (χ1n) is 10.0. The molecule has 23 heavy (non-hydrogen) atoms. The van der Waals surface area contributed by atoms with E-state index >= 15 is 0 Å². The Labute approximate surface area is 142 Å². The van der Waals surface area contributed by atoms with E-state index < -0.39 is 0 Å². The Kier molecular flexibility index (Phi) is 3.30. The molecule has 130 valence electrons. The lowest BCUT2D eigenvalue weighted by atomic mass is 9.41. The predicted molar refractivity (Wildman–Crippen MR) is 93.9 cm³/mol. The molecular weight excluding hydrogens is 282 g/mol. The van der Waals surface area contributed by atoms with Crippen molar-refractivity contribution in [1.29, 1.82) is 0 Å². The molecule has 0 aromatic rings. The molecule has 1 amide bonds. The van der Waals surface area contributed by atoms with Gasteiger partial charge in [-0.15, -0.1) is 0 Å². The fourth-order valence-corrected chi connectivity index (χ4v) is 7.58. The van der Waals surface area contributed by atoms with Crippen molar-refractivity contribution in [1.82, 2.24) is 5.32 Å². The first-order chi connectivity index (χ1) is 10.7. The monoisotopic (exact) mass is 317 g/mol. The van der Waals surface area contributed by atoms with E-state index in [2.05, 4.69) is 39.9 Å². The molecule has 2 nitrogen and oxygen atoms in total. The molecule has 4 aliphatic rings. The van der Waals surface area contributed by atoms with Crippen LogP contribution in [0.4, 0.5) is 0 Å². The van der Waals surface area contributed by atoms with Crippen LogP contribution < -0.4 is 5.32 Å². The molecule has 0 spiro atoms. The van der Waals surface area contributed by atoms with Crippen LogP contribution in [0.5, 0.6) is 0 Å². The number of hydrogen-bond donors (Lipinski definition) is 1. The van der Waals surface area contributed by atoms with Gasteiger partial charge in [0.2, 0.25) is 5.91 Å². The molecule has 0 aromatic carbocycles. The second-order valence-corrected chi connectivity index (χ2v) is 10.3. The standard InChI is InChI=1S/C21H35NO/c1-13-18(23)22-17-9-8-14-15-7-6-11-20(15,4)12-10-16(14)21(17,5)19(13,2)3/h13-17H,6-12H2,1-5H3,(H,22,23)/t13?,14-,15-,16-,17+,20-,21+/m0/s1. The van der Waals surface area contributed by atoms with Crippen LogP contribution in [0.25, 0.3) is 0 Å². The number of amides is 1. The second kappa shape index (κ2) is 4.76. The Morgan fingerprint density at radius 3 is 2.43 bits per heavy atom. The summed E-state index contributed by atoms with van der Waals surface area (Å²) < 4.78 is 0. The summed E-state index contributed by atoms with van der Waals surface area (Å²) >= 11 is 0. The highest BCUT2D eigenvalue weighted by molar-refractivity contribution is 5.81. The number of fused-ring (bicyclic) bond motifs is 5. The maximum Gasteiger partial charge on any atom is 0.223 e. The van der Waals surface area contributed by atoms with Gasteiger partial charge in [0.15, 0.2) is 0 Å². The maximum atomic E-state index is 12.5. The third-order valence-electron chi connectivity index (χ3n) is 9.68. The van der Waals surface area contributed by atoms with Crippen molar-refractivity contribution in [3.05, 3.63) is 0 Å². The molecule has 4 rings (SSSR count). The van der Waals surface area contributed by atoms with Gasteiger partial charge in [0.1, 0.15) is 0 Å². The van der Waals surface area contributed by atoms with Crippen LogP contribution in [-0.2, 0) is 4.79 Å². The molecule has 3 aliphatic carbocycles. The van der Waals surface area contributed by atoms with E-state index in [-0.39, 0.29) is 22.7 Å². The highest BCUT2D eigenvalue weighted by atomic mass is 16.2. The summed E-state index contributed by atoms with van der Waals surface area (Å²) in [7, 11) is 0. The normalized spacial score (nSPS) is 54.7. The number of rotatable bonds is 0. The lowest BCUT2D eigenvalue weighted by Gasteiger charge is -2.66. The summed E-state index contributed by atoms with van der Waals surface area (Å²) in [6.07, 6.45) is 9.71. The average molecular weight is 318 g/mol. The van der Waals surface area contributed by atoms with Crippen molar-refractivity contribution in [2.24, 2.45) is 39.9 Å². The fraction of sp³-hybridized carbons (Fsp3) is 0.952. The van der Waals surface area contributed by atoms with E-state index in [1.54, 1.807) is 0 Å². The summed E-state index contributed by atoms with van der Waals surface area (Å²) in [5, 5.41) is 3.43. The van der Waals surface area contributed by atoms with Crippen molar-refractivity contribution in [3.8, 4) is 0 Å². The third-order valence-corrected chi connectivity index (χ3v) is 9.68. The molecule has 1 N–H and O–H groups in total.